The maximum absolute atomic E-state index is 11.5. The van der Waals surface area contributed by atoms with Crippen LogP contribution in [-0.4, -0.2) is 38.8 Å². The molecule has 0 radical (unpaired) electrons. The van der Waals surface area contributed by atoms with Crippen molar-refractivity contribution in [1.82, 2.24) is 10.6 Å². The van der Waals surface area contributed by atoms with Crippen LogP contribution in [0.4, 0.5) is 0 Å². The van der Waals surface area contributed by atoms with E-state index in [4.69, 9.17) is 0 Å². The van der Waals surface area contributed by atoms with Crippen molar-refractivity contribution < 1.29 is 8.42 Å². The summed E-state index contributed by atoms with van der Waals surface area (Å²) >= 11 is 0. The molecular formula is C14H24N2O2S. The fourth-order valence-electron chi connectivity index (χ4n) is 3.88. The number of nitrogens with one attached hydrogen (secondary N) is 2. The molecule has 0 bridgehead atoms. The van der Waals surface area contributed by atoms with Gasteiger partial charge in [0.15, 0.2) is 9.84 Å². The van der Waals surface area contributed by atoms with Crippen LogP contribution in [0, 0.1) is 5.92 Å². The lowest BCUT2D eigenvalue weighted by Crippen LogP contribution is -2.49. The number of sulfone groups is 1. The Morgan fingerprint density at radius 3 is 2.68 bits per heavy atom. The van der Waals surface area contributed by atoms with Crippen molar-refractivity contribution in [2.45, 2.75) is 56.7 Å². The molecule has 4 unspecified atom stereocenters. The second-order valence-corrected chi connectivity index (χ2v) is 8.12. The summed E-state index contributed by atoms with van der Waals surface area (Å²) < 4.78 is 22.9. The first-order valence-corrected chi connectivity index (χ1v) is 9.26. The van der Waals surface area contributed by atoms with E-state index in [1.807, 2.05) is 6.08 Å². The van der Waals surface area contributed by atoms with Gasteiger partial charge in [-0.05, 0) is 38.1 Å². The average Bonchev–Trinajstić information content (AvgIpc) is 2.98. The molecule has 1 saturated heterocycles. The molecule has 108 valence electrons. The molecule has 0 aromatic rings. The van der Waals surface area contributed by atoms with Crippen molar-refractivity contribution in [2.75, 3.05) is 12.3 Å². The third-order valence-electron chi connectivity index (χ3n) is 4.79. The van der Waals surface area contributed by atoms with Crippen LogP contribution in [-0.2, 0) is 9.84 Å². The van der Waals surface area contributed by atoms with E-state index in [0.29, 0.717) is 18.0 Å². The fraction of sp³-hybridized carbons (Fsp3) is 0.857. The van der Waals surface area contributed by atoms with E-state index in [9.17, 15) is 8.42 Å². The van der Waals surface area contributed by atoms with Crippen LogP contribution >= 0.6 is 0 Å². The van der Waals surface area contributed by atoms with Gasteiger partial charge in [0, 0.05) is 23.5 Å². The van der Waals surface area contributed by atoms with Crippen molar-refractivity contribution in [3.8, 4) is 0 Å². The lowest BCUT2D eigenvalue weighted by atomic mass is 9.88. The van der Waals surface area contributed by atoms with E-state index in [0.717, 1.165) is 6.54 Å². The van der Waals surface area contributed by atoms with E-state index in [1.54, 1.807) is 0 Å². The Bertz CT molecular complexity index is 440. The third kappa shape index (κ3) is 3.20. The van der Waals surface area contributed by atoms with Crippen LogP contribution < -0.4 is 10.6 Å². The van der Waals surface area contributed by atoms with Crippen LogP contribution in [0.3, 0.4) is 0 Å². The molecule has 0 amide bonds. The zero-order valence-electron chi connectivity index (χ0n) is 11.3. The zero-order chi connectivity index (χ0) is 13.3. The van der Waals surface area contributed by atoms with Gasteiger partial charge in [-0.1, -0.05) is 18.9 Å². The van der Waals surface area contributed by atoms with Crippen molar-refractivity contribution in [3.63, 3.8) is 0 Å². The summed E-state index contributed by atoms with van der Waals surface area (Å²) in [4.78, 5) is 0. The van der Waals surface area contributed by atoms with Crippen molar-refractivity contribution in [3.05, 3.63) is 11.5 Å². The molecule has 2 heterocycles. The van der Waals surface area contributed by atoms with Gasteiger partial charge in [-0.15, -0.1) is 0 Å². The van der Waals surface area contributed by atoms with Crippen LogP contribution in [0.5, 0.6) is 0 Å². The number of piperidine rings is 1. The quantitative estimate of drug-likeness (QED) is 0.817. The highest BCUT2D eigenvalue weighted by Crippen LogP contribution is 2.32. The van der Waals surface area contributed by atoms with E-state index < -0.39 is 9.84 Å². The van der Waals surface area contributed by atoms with Gasteiger partial charge in [0.2, 0.25) is 0 Å². The summed E-state index contributed by atoms with van der Waals surface area (Å²) in [5, 5.41) is 8.60. The second kappa shape index (κ2) is 5.54. The predicted octanol–water partition coefficient (Wildman–Crippen LogP) is 1.20. The SMILES string of the molecule is O=S1(=O)C=CC(NC2CCCC2C2CCCCN2)C1. The molecule has 0 spiro atoms. The summed E-state index contributed by atoms with van der Waals surface area (Å²) in [5.41, 5.74) is 0. The normalized spacial score (nSPS) is 41.7. The minimum Gasteiger partial charge on any atom is -0.314 e. The average molecular weight is 284 g/mol. The molecule has 1 aliphatic carbocycles. The van der Waals surface area contributed by atoms with E-state index in [1.165, 1.54) is 43.9 Å². The molecule has 4 atom stereocenters. The van der Waals surface area contributed by atoms with Crippen LogP contribution in [0.1, 0.15) is 38.5 Å². The lowest BCUT2D eigenvalue weighted by Gasteiger charge is -2.34. The minimum absolute atomic E-state index is 0.0270. The number of hydrogen-bond donors (Lipinski definition) is 2. The summed E-state index contributed by atoms with van der Waals surface area (Å²) in [7, 11) is -2.94. The highest BCUT2D eigenvalue weighted by molar-refractivity contribution is 7.94. The molecule has 5 heteroatoms. The van der Waals surface area contributed by atoms with Gasteiger partial charge >= 0.3 is 0 Å². The molecule has 3 rings (SSSR count). The summed E-state index contributed by atoms with van der Waals surface area (Å²) in [5.74, 6) is 0.922. The highest BCUT2D eigenvalue weighted by Gasteiger charge is 2.36. The molecule has 2 N–H and O–H groups in total. The Morgan fingerprint density at radius 2 is 2.00 bits per heavy atom. The largest absolute Gasteiger partial charge is 0.314 e. The minimum atomic E-state index is -2.94. The van der Waals surface area contributed by atoms with Crippen LogP contribution in [0.15, 0.2) is 11.5 Å². The zero-order valence-corrected chi connectivity index (χ0v) is 12.2. The summed E-state index contributed by atoms with van der Waals surface area (Å²) in [6, 6.07) is 1.15. The Labute approximate surface area is 116 Å². The van der Waals surface area contributed by atoms with Gasteiger partial charge < -0.3 is 10.6 Å². The molecule has 0 aromatic carbocycles. The standard InChI is InChI=1S/C14H24N2O2S/c17-19(18)9-7-11(10-19)16-14-6-3-4-12(14)13-5-1-2-8-15-13/h7,9,11-16H,1-6,8,10H2. The van der Waals surface area contributed by atoms with Crippen LogP contribution in [0.2, 0.25) is 0 Å². The first-order chi connectivity index (χ1) is 9.14. The monoisotopic (exact) mass is 284 g/mol. The molecule has 0 aromatic heterocycles. The van der Waals surface area contributed by atoms with Gasteiger partial charge in [-0.25, -0.2) is 8.42 Å². The smallest absolute Gasteiger partial charge is 0.173 e. The Balaban J connectivity index is 1.59. The van der Waals surface area contributed by atoms with Crippen molar-refractivity contribution in [1.29, 1.82) is 0 Å². The Hall–Kier alpha value is -0.390. The molecule has 3 aliphatic rings. The maximum atomic E-state index is 11.5. The number of rotatable bonds is 3. The topological polar surface area (TPSA) is 58.2 Å². The van der Waals surface area contributed by atoms with Gasteiger partial charge in [0.05, 0.1) is 5.75 Å². The second-order valence-electron chi connectivity index (χ2n) is 6.19. The van der Waals surface area contributed by atoms with Crippen molar-refractivity contribution >= 4 is 9.84 Å². The third-order valence-corrected chi connectivity index (χ3v) is 6.19. The van der Waals surface area contributed by atoms with E-state index >= 15 is 0 Å². The predicted molar refractivity (Wildman–Crippen MR) is 76.6 cm³/mol. The molecule has 19 heavy (non-hydrogen) atoms. The fourth-order valence-corrected chi connectivity index (χ4v) is 5.12. The van der Waals surface area contributed by atoms with Gasteiger partial charge in [0.25, 0.3) is 0 Å². The molecule has 1 saturated carbocycles. The van der Waals surface area contributed by atoms with Gasteiger partial charge in [0.1, 0.15) is 0 Å². The summed E-state index contributed by atoms with van der Waals surface area (Å²) in [6.07, 6.45) is 9.46. The number of hydrogen-bond acceptors (Lipinski definition) is 4. The van der Waals surface area contributed by atoms with Crippen LogP contribution in [0.25, 0.3) is 0 Å². The first kappa shape index (κ1) is 13.6. The molecule has 2 aliphatic heterocycles. The van der Waals surface area contributed by atoms with Gasteiger partial charge in [-0.2, -0.15) is 0 Å². The van der Waals surface area contributed by atoms with Crippen molar-refractivity contribution in [2.24, 2.45) is 5.92 Å². The molecule has 2 fully saturated rings. The molecule has 4 nitrogen and oxygen atoms in total. The van der Waals surface area contributed by atoms with E-state index in [-0.39, 0.29) is 11.8 Å². The Morgan fingerprint density at radius 1 is 1.11 bits per heavy atom. The Kier molecular flexibility index (Phi) is 3.96. The highest BCUT2D eigenvalue weighted by atomic mass is 32.2. The lowest BCUT2D eigenvalue weighted by molar-refractivity contribution is 0.254. The maximum Gasteiger partial charge on any atom is 0.173 e. The first-order valence-electron chi connectivity index (χ1n) is 7.54. The summed E-state index contributed by atoms with van der Waals surface area (Å²) in [6.45, 7) is 1.14. The molecular weight excluding hydrogens is 260 g/mol. The van der Waals surface area contributed by atoms with Gasteiger partial charge in [-0.3, -0.25) is 0 Å². The van der Waals surface area contributed by atoms with E-state index in [2.05, 4.69) is 10.6 Å².